The summed E-state index contributed by atoms with van der Waals surface area (Å²) < 4.78 is 17.9. The van der Waals surface area contributed by atoms with Crippen LogP contribution in [0.4, 0.5) is 11.5 Å². The minimum absolute atomic E-state index is 0.118. The summed E-state index contributed by atoms with van der Waals surface area (Å²) in [6.45, 7) is 1.97. The van der Waals surface area contributed by atoms with Crippen molar-refractivity contribution in [2.75, 3.05) is 25.3 Å². The van der Waals surface area contributed by atoms with Crippen molar-refractivity contribution in [3.63, 3.8) is 0 Å². The Morgan fingerprint density at radius 2 is 1.87 bits per heavy atom. The maximum Gasteiger partial charge on any atom is 0.414 e. The maximum atomic E-state index is 12.4. The molecule has 0 amide bonds. The molecular formula is C21H19ClN4O5. The second-order valence-corrected chi connectivity index (χ2v) is 6.75. The number of ketones is 1. The van der Waals surface area contributed by atoms with Gasteiger partial charge in [-0.3, -0.25) is 4.79 Å². The number of nitrogens with zero attached hydrogens (tertiary/aromatic N) is 4. The number of halogens is 1. The highest BCUT2D eigenvalue weighted by atomic mass is 35.5. The third-order valence-electron chi connectivity index (χ3n) is 4.32. The fourth-order valence-corrected chi connectivity index (χ4v) is 2.95. The first-order valence-electron chi connectivity index (χ1n) is 9.42. The molecule has 10 heteroatoms. The molecule has 3 aromatic rings. The van der Waals surface area contributed by atoms with Crippen molar-refractivity contribution >= 4 is 35.0 Å². The third kappa shape index (κ3) is 4.41. The quantitative estimate of drug-likeness (QED) is 0.515. The van der Waals surface area contributed by atoms with Crippen molar-refractivity contribution in [3.8, 4) is 11.6 Å². The van der Waals surface area contributed by atoms with E-state index in [1.54, 1.807) is 43.5 Å². The first kappa shape index (κ1) is 20.5. The van der Waals surface area contributed by atoms with E-state index in [9.17, 15) is 4.79 Å². The van der Waals surface area contributed by atoms with Gasteiger partial charge in [0.1, 0.15) is 18.7 Å². The summed E-state index contributed by atoms with van der Waals surface area (Å²) in [5.41, 5.74) is 1.16. The van der Waals surface area contributed by atoms with Crippen LogP contribution >= 0.6 is 11.6 Å². The number of rotatable bonds is 7. The van der Waals surface area contributed by atoms with E-state index in [1.807, 2.05) is 19.1 Å². The molecule has 0 unspecified atom stereocenters. The Hall–Kier alpha value is -3.72. The van der Waals surface area contributed by atoms with Crippen LogP contribution in [0.3, 0.4) is 0 Å². The van der Waals surface area contributed by atoms with Crippen LogP contribution < -0.4 is 19.3 Å². The molecule has 0 atom stereocenters. The molecule has 0 saturated heterocycles. The Balaban J connectivity index is 1.58. The molecule has 0 spiro atoms. The number of carbonyl (C=O) groups is 1. The van der Waals surface area contributed by atoms with Crippen molar-refractivity contribution in [1.29, 1.82) is 0 Å². The fraction of sp³-hybridized carbons (Fsp3) is 0.190. The van der Waals surface area contributed by atoms with Crippen LogP contribution in [0.15, 0.2) is 60.0 Å². The number of hydrogen-bond acceptors (Lipinski definition) is 8. The van der Waals surface area contributed by atoms with E-state index in [0.29, 0.717) is 34.4 Å². The molecule has 2 heterocycles. The van der Waals surface area contributed by atoms with Gasteiger partial charge in [0.15, 0.2) is 12.4 Å². The number of hydrogen-bond donors (Lipinski definition) is 0. The average Bonchev–Trinajstić information content (AvgIpc) is 3.20. The summed E-state index contributed by atoms with van der Waals surface area (Å²) >= 11 is 5.87. The van der Waals surface area contributed by atoms with Crippen molar-refractivity contribution in [2.24, 2.45) is 5.10 Å². The van der Waals surface area contributed by atoms with E-state index >= 15 is 0 Å². The molecule has 0 bridgehead atoms. The highest BCUT2D eigenvalue weighted by Crippen LogP contribution is 2.36. The largest absolute Gasteiger partial charge is 0.497 e. The van der Waals surface area contributed by atoms with Crippen molar-refractivity contribution in [3.05, 3.63) is 65.4 Å². The van der Waals surface area contributed by atoms with Crippen molar-refractivity contribution in [1.82, 2.24) is 9.71 Å². The van der Waals surface area contributed by atoms with Gasteiger partial charge in [-0.1, -0.05) is 16.7 Å². The van der Waals surface area contributed by atoms with E-state index in [-0.39, 0.29) is 24.4 Å². The molecule has 1 aliphatic rings. The second kappa shape index (κ2) is 8.97. The van der Waals surface area contributed by atoms with E-state index in [2.05, 4.69) is 10.1 Å². The number of methoxy groups -OCH3 is 1. The standard InChI is InChI=1S/C21H19ClN4O5/c1-3-30-25-13-23-19-20(25)31-21(24-26(19)16-8-10-17(28-2)11-9-16)29-12-18(27)14-4-6-15(22)7-5-14/h4-11,13H,3,12H2,1-2H3. The SMILES string of the molecule is CCOn1cnc2c1OC(OCC(=O)c1ccc(Cl)cc1)=NN2c1ccc(OC)cc1. The monoisotopic (exact) mass is 442 g/mol. The van der Waals surface area contributed by atoms with Gasteiger partial charge in [0.05, 0.1) is 12.8 Å². The van der Waals surface area contributed by atoms with Crippen LogP contribution in [0, 0.1) is 0 Å². The number of hydrazone groups is 1. The van der Waals surface area contributed by atoms with Crippen LogP contribution in [0.5, 0.6) is 11.6 Å². The maximum absolute atomic E-state index is 12.4. The smallest absolute Gasteiger partial charge is 0.414 e. The van der Waals surface area contributed by atoms with Crippen LogP contribution in [-0.2, 0) is 4.74 Å². The Labute approximate surface area is 183 Å². The lowest BCUT2D eigenvalue weighted by Gasteiger charge is -2.24. The number of fused-ring (bicyclic) bond motifs is 1. The highest BCUT2D eigenvalue weighted by Gasteiger charge is 2.30. The van der Waals surface area contributed by atoms with Gasteiger partial charge in [-0.05, 0) is 55.5 Å². The zero-order valence-corrected chi connectivity index (χ0v) is 17.6. The number of anilines is 2. The summed E-state index contributed by atoms with van der Waals surface area (Å²) in [5.74, 6) is 1.14. The normalized spacial score (nSPS) is 12.5. The fourth-order valence-electron chi connectivity index (χ4n) is 2.82. The number of carbonyl (C=O) groups excluding carboxylic acids is 1. The van der Waals surface area contributed by atoms with Gasteiger partial charge in [-0.25, -0.2) is 9.99 Å². The van der Waals surface area contributed by atoms with Gasteiger partial charge < -0.3 is 19.0 Å². The Morgan fingerprint density at radius 1 is 1.13 bits per heavy atom. The zero-order valence-electron chi connectivity index (χ0n) is 16.8. The number of ether oxygens (including phenoxy) is 3. The molecule has 1 aromatic heterocycles. The van der Waals surface area contributed by atoms with E-state index < -0.39 is 0 Å². The van der Waals surface area contributed by atoms with Gasteiger partial charge in [0.2, 0.25) is 5.82 Å². The van der Waals surface area contributed by atoms with Crippen LogP contribution in [0.1, 0.15) is 17.3 Å². The molecule has 2 aromatic carbocycles. The van der Waals surface area contributed by atoms with Gasteiger partial charge in [0.25, 0.3) is 5.88 Å². The molecule has 0 N–H and O–H groups in total. The van der Waals surface area contributed by atoms with Gasteiger partial charge in [-0.15, -0.1) is 4.73 Å². The summed E-state index contributed by atoms with van der Waals surface area (Å²) in [7, 11) is 1.59. The lowest BCUT2D eigenvalue weighted by atomic mass is 10.1. The third-order valence-corrected chi connectivity index (χ3v) is 4.57. The number of imidazole rings is 1. The number of Topliss-reactive ketones (excluding diaryl/α,β-unsaturated/α-hetero) is 1. The van der Waals surface area contributed by atoms with Crippen molar-refractivity contribution < 1.29 is 23.8 Å². The molecule has 4 rings (SSSR count). The van der Waals surface area contributed by atoms with Crippen LogP contribution in [0.25, 0.3) is 0 Å². The van der Waals surface area contributed by atoms with Crippen molar-refractivity contribution in [2.45, 2.75) is 6.92 Å². The van der Waals surface area contributed by atoms with E-state index in [0.717, 1.165) is 0 Å². The molecule has 31 heavy (non-hydrogen) atoms. The average molecular weight is 443 g/mol. The Kier molecular flexibility index (Phi) is 5.94. The minimum atomic E-state index is -0.269. The van der Waals surface area contributed by atoms with E-state index in [4.69, 9.17) is 30.6 Å². The predicted molar refractivity (Wildman–Crippen MR) is 114 cm³/mol. The zero-order chi connectivity index (χ0) is 21.8. The first-order valence-corrected chi connectivity index (χ1v) is 9.79. The molecule has 9 nitrogen and oxygen atoms in total. The number of benzene rings is 2. The van der Waals surface area contributed by atoms with Crippen LogP contribution in [-0.4, -0.2) is 41.9 Å². The minimum Gasteiger partial charge on any atom is -0.497 e. The molecule has 0 fully saturated rings. The van der Waals surface area contributed by atoms with Crippen LogP contribution in [0.2, 0.25) is 5.02 Å². The summed E-state index contributed by atoms with van der Waals surface area (Å²) in [5, 5.41) is 6.45. The van der Waals surface area contributed by atoms with Gasteiger partial charge in [-0.2, -0.15) is 0 Å². The first-order chi connectivity index (χ1) is 15.1. The molecule has 1 aliphatic heterocycles. The van der Waals surface area contributed by atoms with E-state index in [1.165, 1.54) is 16.1 Å². The molecule has 160 valence electrons. The lowest BCUT2D eigenvalue weighted by Crippen LogP contribution is -2.29. The molecular weight excluding hydrogens is 424 g/mol. The Morgan fingerprint density at radius 3 is 2.55 bits per heavy atom. The Bertz CT molecular complexity index is 1100. The summed E-state index contributed by atoms with van der Waals surface area (Å²) in [6.07, 6.45) is 1.36. The summed E-state index contributed by atoms with van der Waals surface area (Å²) in [6, 6.07) is 13.8. The predicted octanol–water partition coefficient (Wildman–Crippen LogP) is 3.69. The second-order valence-electron chi connectivity index (χ2n) is 6.31. The summed E-state index contributed by atoms with van der Waals surface area (Å²) in [4.78, 5) is 22.3. The molecule has 0 radical (unpaired) electrons. The van der Waals surface area contributed by atoms with Gasteiger partial charge >= 0.3 is 6.08 Å². The topological polar surface area (TPSA) is 87.4 Å². The molecule has 0 aliphatic carbocycles. The number of aromatic nitrogens is 2. The lowest BCUT2D eigenvalue weighted by molar-refractivity contribution is 0.0855. The highest BCUT2D eigenvalue weighted by molar-refractivity contribution is 6.30. The van der Waals surface area contributed by atoms with Gasteiger partial charge in [0, 0.05) is 10.6 Å². The molecule has 0 saturated carbocycles.